The maximum absolute atomic E-state index is 13.6. The molecule has 24 heavy (non-hydrogen) atoms. The third-order valence-corrected chi connectivity index (χ3v) is 3.97. The quantitative estimate of drug-likeness (QED) is 0.639. The second-order valence-corrected chi connectivity index (χ2v) is 5.93. The van der Waals surface area contributed by atoms with E-state index < -0.39 is 30.1 Å². The molecule has 7 heteroatoms. The smallest absolute Gasteiger partial charge is 0.316 e. The highest BCUT2D eigenvalue weighted by atomic mass is 32.2. The lowest BCUT2D eigenvalue weighted by molar-refractivity contribution is -0.144. The average molecular weight is 351 g/mol. The van der Waals surface area contributed by atoms with E-state index in [1.807, 2.05) is 0 Å². The minimum atomic E-state index is -0.664. The highest BCUT2D eigenvalue weighted by Crippen LogP contribution is 2.21. The predicted octanol–water partition coefficient (Wildman–Crippen LogP) is 3.55. The van der Waals surface area contributed by atoms with Crippen LogP contribution < -0.4 is 5.32 Å². The van der Waals surface area contributed by atoms with E-state index in [0.29, 0.717) is 4.90 Å². The van der Waals surface area contributed by atoms with Crippen LogP contribution in [0, 0.1) is 18.6 Å². The molecule has 0 aliphatic rings. The number of halogens is 2. The lowest BCUT2D eigenvalue weighted by Gasteiger charge is -2.08. The molecule has 0 aromatic heterocycles. The minimum Gasteiger partial charge on any atom is -0.455 e. The molecule has 0 aliphatic heterocycles. The Morgan fingerprint density at radius 3 is 2.58 bits per heavy atom. The molecule has 2 rings (SSSR count). The van der Waals surface area contributed by atoms with Crippen LogP contribution in [-0.4, -0.2) is 24.2 Å². The zero-order valence-corrected chi connectivity index (χ0v) is 13.7. The number of esters is 1. The zero-order chi connectivity index (χ0) is 17.5. The standard InChI is InChI=1S/C17H15F2NO3S/c1-11-6-7-14(13(19)8-11)20-16(21)9-23-17(22)10-24-15-5-3-2-4-12(15)18/h2-8H,9-10H2,1H3,(H,20,21). The third kappa shape index (κ3) is 5.34. The van der Waals surface area contributed by atoms with Gasteiger partial charge in [0.15, 0.2) is 6.61 Å². The molecule has 0 atom stereocenters. The summed E-state index contributed by atoms with van der Waals surface area (Å²) in [7, 11) is 0. The first-order valence-electron chi connectivity index (χ1n) is 7.04. The van der Waals surface area contributed by atoms with E-state index in [0.717, 1.165) is 17.3 Å². The fraction of sp³-hybridized carbons (Fsp3) is 0.176. The van der Waals surface area contributed by atoms with Gasteiger partial charge in [0.2, 0.25) is 0 Å². The molecule has 4 nitrogen and oxygen atoms in total. The van der Waals surface area contributed by atoms with Gasteiger partial charge in [0.05, 0.1) is 11.4 Å². The molecule has 2 aromatic rings. The van der Waals surface area contributed by atoms with Gasteiger partial charge in [0.25, 0.3) is 5.91 Å². The Balaban J connectivity index is 1.77. The summed E-state index contributed by atoms with van der Waals surface area (Å²) < 4.78 is 31.8. The van der Waals surface area contributed by atoms with Gasteiger partial charge < -0.3 is 10.1 Å². The van der Waals surface area contributed by atoms with Crippen LogP contribution in [0.25, 0.3) is 0 Å². The van der Waals surface area contributed by atoms with Gasteiger partial charge in [-0.05, 0) is 36.8 Å². The Bertz CT molecular complexity index is 752. The van der Waals surface area contributed by atoms with E-state index in [9.17, 15) is 18.4 Å². The number of carbonyl (C=O) groups excluding carboxylic acids is 2. The fourth-order valence-electron chi connectivity index (χ4n) is 1.79. The van der Waals surface area contributed by atoms with Crippen LogP contribution in [0.3, 0.4) is 0 Å². The Kier molecular flexibility index (Phi) is 6.31. The Morgan fingerprint density at radius 1 is 1.12 bits per heavy atom. The predicted molar refractivity (Wildman–Crippen MR) is 87.8 cm³/mol. The number of amides is 1. The summed E-state index contributed by atoms with van der Waals surface area (Å²) in [6.45, 7) is 1.19. The molecular weight excluding hydrogens is 336 g/mol. The normalized spacial score (nSPS) is 10.3. The van der Waals surface area contributed by atoms with Gasteiger partial charge in [-0.25, -0.2) is 8.78 Å². The largest absolute Gasteiger partial charge is 0.455 e. The summed E-state index contributed by atoms with van der Waals surface area (Å²) in [4.78, 5) is 23.6. The van der Waals surface area contributed by atoms with Crippen LogP contribution in [0.5, 0.6) is 0 Å². The van der Waals surface area contributed by atoms with E-state index in [1.165, 1.54) is 18.2 Å². The van der Waals surface area contributed by atoms with Crippen LogP contribution in [-0.2, 0) is 14.3 Å². The van der Waals surface area contributed by atoms with Crippen molar-refractivity contribution in [2.24, 2.45) is 0 Å². The summed E-state index contributed by atoms with van der Waals surface area (Å²) in [5.41, 5.74) is 0.740. The molecule has 0 saturated heterocycles. The summed E-state index contributed by atoms with van der Waals surface area (Å²) in [5, 5.41) is 2.32. The van der Waals surface area contributed by atoms with Crippen molar-refractivity contribution >= 4 is 29.3 Å². The van der Waals surface area contributed by atoms with E-state index in [2.05, 4.69) is 5.32 Å². The summed E-state index contributed by atoms with van der Waals surface area (Å²) in [6.07, 6.45) is 0. The van der Waals surface area contributed by atoms with Crippen molar-refractivity contribution in [3.8, 4) is 0 Å². The van der Waals surface area contributed by atoms with E-state index in [4.69, 9.17) is 4.74 Å². The van der Waals surface area contributed by atoms with Gasteiger partial charge in [-0.3, -0.25) is 9.59 Å². The third-order valence-electron chi connectivity index (χ3n) is 2.95. The summed E-state index contributed by atoms with van der Waals surface area (Å²) in [6, 6.07) is 10.4. The molecule has 1 amide bonds. The number of hydrogen-bond acceptors (Lipinski definition) is 4. The maximum Gasteiger partial charge on any atom is 0.316 e. The van der Waals surface area contributed by atoms with Gasteiger partial charge in [0, 0.05) is 4.90 Å². The molecule has 2 aromatic carbocycles. The topological polar surface area (TPSA) is 55.4 Å². The molecule has 0 aliphatic carbocycles. The number of anilines is 1. The van der Waals surface area contributed by atoms with Crippen molar-refractivity contribution in [3.63, 3.8) is 0 Å². The fourth-order valence-corrected chi connectivity index (χ4v) is 2.53. The maximum atomic E-state index is 13.6. The number of carbonyl (C=O) groups is 2. The van der Waals surface area contributed by atoms with Crippen LogP contribution in [0.15, 0.2) is 47.4 Å². The van der Waals surface area contributed by atoms with Crippen molar-refractivity contribution in [1.82, 2.24) is 0 Å². The van der Waals surface area contributed by atoms with Crippen molar-refractivity contribution in [2.45, 2.75) is 11.8 Å². The minimum absolute atomic E-state index is 0.0161. The van der Waals surface area contributed by atoms with Crippen LogP contribution in [0.2, 0.25) is 0 Å². The number of ether oxygens (including phenoxy) is 1. The number of aryl methyl sites for hydroxylation is 1. The Labute approximate surface area is 142 Å². The second-order valence-electron chi connectivity index (χ2n) is 4.91. The first kappa shape index (κ1) is 17.9. The second kappa shape index (κ2) is 8.44. The molecule has 0 unspecified atom stereocenters. The van der Waals surface area contributed by atoms with Gasteiger partial charge in [-0.15, -0.1) is 11.8 Å². The summed E-state index contributed by atoms with van der Waals surface area (Å²) in [5.74, 6) is -2.44. The molecule has 0 saturated carbocycles. The monoisotopic (exact) mass is 351 g/mol. The lowest BCUT2D eigenvalue weighted by Crippen LogP contribution is -2.22. The number of nitrogens with one attached hydrogen (secondary N) is 1. The summed E-state index contributed by atoms with van der Waals surface area (Å²) >= 11 is 0.974. The highest BCUT2D eigenvalue weighted by molar-refractivity contribution is 8.00. The van der Waals surface area contributed by atoms with Crippen molar-refractivity contribution in [2.75, 3.05) is 17.7 Å². The van der Waals surface area contributed by atoms with Gasteiger partial charge in [0.1, 0.15) is 11.6 Å². The number of rotatable bonds is 6. The molecular formula is C17H15F2NO3S. The highest BCUT2D eigenvalue weighted by Gasteiger charge is 2.11. The van der Waals surface area contributed by atoms with Crippen molar-refractivity contribution < 1.29 is 23.1 Å². The van der Waals surface area contributed by atoms with Crippen LogP contribution in [0.1, 0.15) is 5.56 Å². The molecule has 0 bridgehead atoms. The number of hydrogen-bond donors (Lipinski definition) is 1. The van der Waals surface area contributed by atoms with Gasteiger partial charge in [-0.2, -0.15) is 0 Å². The first-order valence-corrected chi connectivity index (χ1v) is 8.03. The molecule has 0 radical (unpaired) electrons. The Hall–Kier alpha value is -2.41. The number of benzene rings is 2. The van der Waals surface area contributed by atoms with E-state index in [-0.39, 0.29) is 11.4 Å². The van der Waals surface area contributed by atoms with E-state index >= 15 is 0 Å². The van der Waals surface area contributed by atoms with E-state index in [1.54, 1.807) is 31.2 Å². The molecule has 0 spiro atoms. The van der Waals surface area contributed by atoms with Crippen molar-refractivity contribution in [1.29, 1.82) is 0 Å². The van der Waals surface area contributed by atoms with Crippen molar-refractivity contribution in [3.05, 3.63) is 59.7 Å². The van der Waals surface area contributed by atoms with Crippen LogP contribution in [0.4, 0.5) is 14.5 Å². The van der Waals surface area contributed by atoms with Gasteiger partial charge >= 0.3 is 5.97 Å². The SMILES string of the molecule is Cc1ccc(NC(=O)COC(=O)CSc2ccccc2F)c(F)c1. The molecule has 0 fully saturated rings. The number of thioether (sulfide) groups is 1. The Morgan fingerprint density at radius 2 is 1.88 bits per heavy atom. The average Bonchev–Trinajstić information content (AvgIpc) is 2.55. The molecule has 0 heterocycles. The zero-order valence-electron chi connectivity index (χ0n) is 12.8. The van der Waals surface area contributed by atoms with Crippen LogP contribution >= 0.6 is 11.8 Å². The van der Waals surface area contributed by atoms with Gasteiger partial charge in [-0.1, -0.05) is 18.2 Å². The lowest BCUT2D eigenvalue weighted by atomic mass is 10.2. The first-order chi connectivity index (χ1) is 11.5. The molecule has 126 valence electrons. The molecule has 1 N–H and O–H groups in total.